The van der Waals surface area contributed by atoms with Gasteiger partial charge >= 0.3 is 7.60 Å². The van der Waals surface area contributed by atoms with Crippen molar-refractivity contribution in [1.29, 1.82) is 0 Å². The van der Waals surface area contributed by atoms with E-state index in [1.54, 1.807) is 23.3 Å². The van der Waals surface area contributed by atoms with Gasteiger partial charge in [-0.25, -0.2) is 4.98 Å². The Morgan fingerprint density at radius 2 is 2.35 bits per heavy atom. The zero-order valence-corrected chi connectivity index (χ0v) is 13.3. The van der Waals surface area contributed by atoms with Crippen LogP contribution >= 0.6 is 7.60 Å². The van der Waals surface area contributed by atoms with Crippen molar-refractivity contribution in [1.82, 2.24) is 10.1 Å². The summed E-state index contributed by atoms with van der Waals surface area (Å²) in [6, 6.07) is 1.83. The van der Waals surface area contributed by atoms with Crippen molar-refractivity contribution < 1.29 is 40.1 Å². The fourth-order valence-electron chi connectivity index (χ4n) is 1.53. The van der Waals surface area contributed by atoms with Crippen LogP contribution in [0.4, 0.5) is 0 Å². The molecule has 9 heteroatoms. The van der Waals surface area contributed by atoms with Gasteiger partial charge in [0, 0.05) is 19.6 Å². The molecule has 0 fully saturated rings. The first-order valence-electron chi connectivity index (χ1n) is 5.74. The second-order valence-corrected chi connectivity index (χ2v) is 6.00. The lowest BCUT2D eigenvalue weighted by Crippen LogP contribution is -3.00. The Kier molecular flexibility index (Phi) is 6.48. The van der Waals surface area contributed by atoms with Crippen molar-refractivity contribution in [2.45, 2.75) is 13.0 Å². The van der Waals surface area contributed by atoms with Crippen LogP contribution in [-0.2, 0) is 15.6 Å². The lowest BCUT2D eigenvalue weighted by molar-refractivity contribution is -0.753. The van der Waals surface area contributed by atoms with Crippen LogP contribution in [0, 0.1) is 0 Å². The van der Waals surface area contributed by atoms with E-state index in [1.807, 2.05) is 6.07 Å². The molecule has 2 rings (SSSR count). The molecule has 0 spiro atoms. The van der Waals surface area contributed by atoms with Crippen LogP contribution in [0.25, 0.3) is 11.5 Å². The van der Waals surface area contributed by atoms with E-state index in [0.29, 0.717) is 18.9 Å². The summed E-state index contributed by atoms with van der Waals surface area (Å²) in [5.74, 6) is 0.513. The molecule has 20 heavy (non-hydrogen) atoms. The van der Waals surface area contributed by atoms with Gasteiger partial charge in [-0.05, 0) is 5.10 Å². The molecule has 1 N–H and O–H groups in total. The van der Waals surface area contributed by atoms with E-state index >= 15 is 0 Å². The summed E-state index contributed by atoms with van der Waals surface area (Å²) in [5, 5.41) is 4.18. The third-order valence-electron chi connectivity index (χ3n) is 2.56. The van der Waals surface area contributed by atoms with Crippen molar-refractivity contribution in [2.24, 2.45) is 0 Å². The molecule has 1 atom stereocenters. The van der Waals surface area contributed by atoms with Crippen LogP contribution in [0.1, 0.15) is 6.42 Å². The molecule has 0 radical (unpaired) electrons. The molecule has 2 aromatic heterocycles. The molecule has 0 aliphatic heterocycles. The minimum atomic E-state index is -3.43. The molecule has 1 unspecified atom stereocenters. The van der Waals surface area contributed by atoms with Crippen molar-refractivity contribution >= 4 is 7.60 Å². The monoisotopic (exact) mass is 363 g/mol. The van der Waals surface area contributed by atoms with Crippen LogP contribution in [0.3, 0.4) is 0 Å². The third-order valence-corrected chi connectivity index (χ3v) is 4.02. The van der Waals surface area contributed by atoms with Gasteiger partial charge in [0.2, 0.25) is 5.89 Å². The predicted molar refractivity (Wildman–Crippen MR) is 66.2 cm³/mol. The Labute approximate surface area is 126 Å². The summed E-state index contributed by atoms with van der Waals surface area (Å²) >= 11 is 0. The van der Waals surface area contributed by atoms with E-state index in [0.717, 1.165) is 5.56 Å². The topological polar surface area (TPSA) is 89.3 Å². The van der Waals surface area contributed by atoms with Gasteiger partial charge in [0.1, 0.15) is 12.5 Å². The third kappa shape index (κ3) is 4.79. The maximum Gasteiger partial charge on any atom is 0.328 e. The zero-order chi connectivity index (χ0) is 13.7. The number of aromatic nitrogens is 3. The van der Waals surface area contributed by atoms with E-state index in [2.05, 4.69) is 14.6 Å². The Morgan fingerprint density at radius 3 is 2.90 bits per heavy atom. The minimum absolute atomic E-state index is 0. The number of nitrogens with zero attached hydrogens (tertiary/aromatic N) is 3. The molecule has 2 heterocycles. The molecule has 0 bridgehead atoms. The fraction of sp³-hybridized carbons (Fsp3) is 0.364. The second-order valence-electron chi connectivity index (χ2n) is 3.91. The summed E-state index contributed by atoms with van der Waals surface area (Å²) in [5.41, 5.74) is 0.783. The Morgan fingerprint density at radius 1 is 1.55 bits per heavy atom. The van der Waals surface area contributed by atoms with E-state index in [-0.39, 0.29) is 23.1 Å². The predicted octanol–water partition coefficient (Wildman–Crippen LogP) is -1.75. The van der Waals surface area contributed by atoms with Gasteiger partial charge < -0.3 is 30.8 Å². The zero-order valence-electron chi connectivity index (χ0n) is 10.8. The van der Waals surface area contributed by atoms with Gasteiger partial charge in [-0.15, -0.1) is 0 Å². The Bertz CT molecular complexity index is 562. The number of oxazole rings is 1. The first-order chi connectivity index (χ1) is 9.11. The molecule has 0 aromatic carbocycles. The molecular formula is C11H15BrN3O4P. The van der Waals surface area contributed by atoms with Crippen LogP contribution in [0.5, 0.6) is 0 Å². The van der Waals surface area contributed by atoms with Gasteiger partial charge in [-0.2, -0.15) is 0 Å². The van der Waals surface area contributed by atoms with Crippen molar-refractivity contribution in [3.63, 3.8) is 0 Å². The van der Waals surface area contributed by atoms with E-state index in [1.165, 1.54) is 13.4 Å². The minimum Gasteiger partial charge on any atom is -1.00 e. The first-order valence-corrected chi connectivity index (χ1v) is 7.50. The van der Waals surface area contributed by atoms with E-state index < -0.39 is 7.60 Å². The van der Waals surface area contributed by atoms with Crippen LogP contribution < -0.4 is 21.7 Å². The molecule has 110 valence electrons. The number of hydrogen-bond acceptors (Lipinski definition) is 5. The molecule has 7 nitrogen and oxygen atoms in total. The fourth-order valence-corrected chi connectivity index (χ4v) is 2.26. The average molecular weight is 364 g/mol. The molecule has 2 aromatic rings. The summed E-state index contributed by atoms with van der Waals surface area (Å²) in [7, 11) is -2.19. The first kappa shape index (κ1) is 17.0. The van der Waals surface area contributed by atoms with Crippen molar-refractivity contribution in [2.75, 3.05) is 13.3 Å². The molecule has 0 aliphatic carbocycles. The highest BCUT2D eigenvalue weighted by atomic mass is 79.9. The van der Waals surface area contributed by atoms with E-state index in [9.17, 15) is 9.46 Å². The standard InChI is InChI=1S/C11H14N3O4P.BrH/c1-17-19(15,16)8-2-5-14-6-3-10(9-13-14)11-12-4-7-18-11;/h3-4,6-7,9H,2,5,8H2,1H3;1H. The van der Waals surface area contributed by atoms with Gasteiger partial charge in [0.05, 0.1) is 17.9 Å². The molecule has 0 amide bonds. The highest BCUT2D eigenvalue weighted by Gasteiger charge is 2.17. The highest BCUT2D eigenvalue weighted by molar-refractivity contribution is 7.52. The van der Waals surface area contributed by atoms with E-state index in [4.69, 9.17) is 4.42 Å². The molecule has 0 aliphatic rings. The second kappa shape index (κ2) is 7.64. The van der Waals surface area contributed by atoms with Gasteiger partial charge in [-0.3, -0.25) is 4.57 Å². The Hall–Kier alpha value is -1.08. The molecule has 0 saturated heterocycles. The van der Waals surface area contributed by atoms with Crippen LogP contribution in [0.2, 0.25) is 0 Å². The SMILES string of the molecule is COP(=O)(O)CCC[n+]1ccc(-c2ncco2)cn1.[Br-]. The number of aryl methyl sites for hydroxylation is 1. The van der Waals surface area contributed by atoms with Gasteiger partial charge in [0.15, 0.2) is 12.7 Å². The summed E-state index contributed by atoms with van der Waals surface area (Å²) in [6.07, 6.45) is 7.10. The largest absolute Gasteiger partial charge is 1.00 e. The quantitative estimate of drug-likeness (QED) is 0.483. The lowest BCUT2D eigenvalue weighted by Gasteiger charge is -2.05. The summed E-state index contributed by atoms with van der Waals surface area (Å²) in [6.45, 7) is 0.541. The van der Waals surface area contributed by atoms with Crippen LogP contribution in [-0.4, -0.2) is 28.2 Å². The maximum absolute atomic E-state index is 11.3. The maximum atomic E-state index is 11.3. The van der Waals surface area contributed by atoms with Crippen molar-refractivity contribution in [3.8, 4) is 11.5 Å². The highest BCUT2D eigenvalue weighted by Crippen LogP contribution is 2.40. The van der Waals surface area contributed by atoms with Crippen molar-refractivity contribution in [3.05, 3.63) is 30.9 Å². The van der Waals surface area contributed by atoms with Crippen LogP contribution in [0.15, 0.2) is 35.3 Å². The smallest absolute Gasteiger partial charge is 0.328 e. The number of rotatable bonds is 6. The number of halogens is 1. The average Bonchev–Trinajstić information content (AvgIpc) is 2.93. The normalized spacial score (nSPS) is 13.5. The lowest BCUT2D eigenvalue weighted by atomic mass is 10.3. The molecular weight excluding hydrogens is 349 g/mol. The molecule has 0 saturated carbocycles. The number of hydrogen-bond donors (Lipinski definition) is 1. The summed E-state index contributed by atoms with van der Waals surface area (Å²) < 4.78 is 22.6. The summed E-state index contributed by atoms with van der Waals surface area (Å²) in [4.78, 5) is 13.3. The Balaban J connectivity index is 0.00000200. The van der Waals surface area contributed by atoms with Gasteiger partial charge in [-0.1, -0.05) is 4.68 Å². The van der Waals surface area contributed by atoms with Gasteiger partial charge in [0.25, 0.3) is 0 Å².